The molecule has 24 heavy (non-hydrogen) atoms. The highest BCUT2D eigenvalue weighted by Gasteiger charge is 2.21. The monoisotopic (exact) mass is 459 g/mol. The van der Waals surface area contributed by atoms with E-state index in [1.807, 2.05) is 36.4 Å². The van der Waals surface area contributed by atoms with Gasteiger partial charge in [-0.2, -0.15) is 0 Å². The van der Waals surface area contributed by atoms with E-state index in [1.54, 1.807) is 12.1 Å². The van der Waals surface area contributed by atoms with Gasteiger partial charge in [0.1, 0.15) is 12.6 Å². The smallest absolute Gasteiger partial charge is 0.408 e. The summed E-state index contributed by atoms with van der Waals surface area (Å²) in [5, 5.41) is 12.2. The third-order valence-corrected chi connectivity index (χ3v) is 4.01. The molecule has 0 aliphatic heterocycles. The molecule has 0 saturated carbocycles. The Morgan fingerprint density at radius 3 is 2.50 bits per heavy atom. The number of aliphatic carboxylic acids is 1. The fourth-order valence-electron chi connectivity index (χ4n) is 2.07. The summed E-state index contributed by atoms with van der Waals surface area (Å²) in [5.41, 5.74) is 1.55. The number of rotatable bonds is 6. The summed E-state index contributed by atoms with van der Waals surface area (Å²) in [6, 6.07) is 13.3. The molecule has 2 N–H and O–H groups in total. The van der Waals surface area contributed by atoms with E-state index < -0.39 is 18.1 Å². The summed E-state index contributed by atoms with van der Waals surface area (Å²) >= 11 is 8.07. The predicted octanol–water partition coefficient (Wildman–Crippen LogP) is 3.87. The Kier molecular flexibility index (Phi) is 6.86. The SMILES string of the molecule is O=C(NC(Cc1cc(Cl)cc(I)c1)C(=O)O)OCc1ccccc1. The molecule has 1 unspecified atom stereocenters. The minimum absolute atomic E-state index is 0.0775. The number of amides is 1. The van der Waals surface area contributed by atoms with Crippen LogP contribution in [0.5, 0.6) is 0 Å². The van der Waals surface area contributed by atoms with Gasteiger partial charge in [0.2, 0.25) is 0 Å². The summed E-state index contributed by atoms with van der Waals surface area (Å²) in [6.45, 7) is 0.0775. The van der Waals surface area contributed by atoms with Crippen LogP contribution in [0.4, 0.5) is 4.79 Å². The second kappa shape index (κ2) is 8.89. The maximum Gasteiger partial charge on any atom is 0.408 e. The van der Waals surface area contributed by atoms with Gasteiger partial charge < -0.3 is 15.2 Å². The number of hydrogen-bond acceptors (Lipinski definition) is 3. The maximum atomic E-state index is 11.8. The van der Waals surface area contributed by atoms with E-state index in [-0.39, 0.29) is 13.0 Å². The van der Waals surface area contributed by atoms with Crippen molar-refractivity contribution in [1.29, 1.82) is 0 Å². The molecule has 1 amide bonds. The molecule has 0 bridgehead atoms. The lowest BCUT2D eigenvalue weighted by atomic mass is 10.1. The molecule has 1 atom stereocenters. The lowest BCUT2D eigenvalue weighted by Gasteiger charge is -2.15. The first kappa shape index (κ1) is 18.5. The van der Waals surface area contributed by atoms with Gasteiger partial charge >= 0.3 is 12.1 Å². The number of hydrogen-bond donors (Lipinski definition) is 2. The summed E-state index contributed by atoms with van der Waals surface area (Å²) in [6.07, 6.45) is -0.658. The number of alkyl carbamates (subject to hydrolysis) is 1. The Hall–Kier alpha value is -1.80. The minimum Gasteiger partial charge on any atom is -0.480 e. The summed E-state index contributed by atoms with van der Waals surface area (Å²) in [7, 11) is 0. The summed E-state index contributed by atoms with van der Waals surface area (Å²) < 4.78 is 5.95. The van der Waals surface area contributed by atoms with Crippen molar-refractivity contribution >= 4 is 46.3 Å². The lowest BCUT2D eigenvalue weighted by Crippen LogP contribution is -2.42. The molecule has 0 aromatic heterocycles. The molecule has 2 rings (SSSR count). The van der Waals surface area contributed by atoms with Crippen LogP contribution in [0.15, 0.2) is 48.5 Å². The Morgan fingerprint density at radius 1 is 1.17 bits per heavy atom. The van der Waals surface area contributed by atoms with E-state index in [9.17, 15) is 14.7 Å². The van der Waals surface area contributed by atoms with Crippen molar-refractivity contribution in [2.45, 2.75) is 19.1 Å². The summed E-state index contributed by atoms with van der Waals surface area (Å²) in [5.74, 6) is -1.14. The highest BCUT2D eigenvalue weighted by molar-refractivity contribution is 14.1. The van der Waals surface area contributed by atoms with Crippen molar-refractivity contribution < 1.29 is 19.4 Å². The fraction of sp³-hybridized carbons (Fsp3) is 0.176. The van der Waals surface area contributed by atoms with Crippen LogP contribution in [0, 0.1) is 3.57 Å². The second-order valence-electron chi connectivity index (χ2n) is 5.08. The van der Waals surface area contributed by atoms with Gasteiger partial charge in [0.25, 0.3) is 0 Å². The quantitative estimate of drug-likeness (QED) is 0.643. The molecule has 0 aliphatic carbocycles. The zero-order valence-corrected chi connectivity index (χ0v) is 15.5. The van der Waals surface area contributed by atoms with E-state index in [0.717, 1.165) is 14.7 Å². The second-order valence-corrected chi connectivity index (χ2v) is 6.76. The van der Waals surface area contributed by atoms with Crippen LogP contribution >= 0.6 is 34.2 Å². The van der Waals surface area contributed by atoms with E-state index in [2.05, 4.69) is 27.9 Å². The van der Waals surface area contributed by atoms with Gasteiger partial charge in [-0.15, -0.1) is 0 Å². The third kappa shape index (κ3) is 6.01. The first-order valence-electron chi connectivity index (χ1n) is 7.09. The molecule has 2 aromatic rings. The van der Waals surface area contributed by atoms with Crippen molar-refractivity contribution in [3.8, 4) is 0 Å². The molecule has 0 fully saturated rings. The van der Waals surface area contributed by atoms with Crippen LogP contribution in [0.3, 0.4) is 0 Å². The average Bonchev–Trinajstić information content (AvgIpc) is 2.52. The van der Waals surface area contributed by atoms with Gasteiger partial charge in [-0.05, 0) is 51.9 Å². The highest BCUT2D eigenvalue weighted by atomic mass is 127. The highest BCUT2D eigenvalue weighted by Crippen LogP contribution is 2.18. The molecule has 0 heterocycles. The Bertz CT molecular complexity index is 704. The number of carbonyl (C=O) groups excluding carboxylic acids is 1. The van der Waals surface area contributed by atoms with Gasteiger partial charge in [0.15, 0.2) is 0 Å². The lowest BCUT2D eigenvalue weighted by molar-refractivity contribution is -0.139. The van der Waals surface area contributed by atoms with Crippen LogP contribution in [-0.4, -0.2) is 23.2 Å². The Balaban J connectivity index is 1.95. The van der Waals surface area contributed by atoms with Gasteiger partial charge in [0.05, 0.1) is 0 Å². The standard InChI is InChI=1S/C17H15ClINO4/c18-13-6-12(7-14(19)9-13)8-15(16(21)22)20-17(23)24-10-11-4-2-1-3-5-11/h1-7,9,15H,8,10H2,(H,20,23)(H,21,22). The van der Waals surface area contributed by atoms with Crippen molar-refractivity contribution in [2.75, 3.05) is 0 Å². The first-order chi connectivity index (χ1) is 11.4. The van der Waals surface area contributed by atoms with Gasteiger partial charge in [0, 0.05) is 15.0 Å². The fourth-order valence-corrected chi connectivity index (χ4v) is 3.25. The summed E-state index contributed by atoms with van der Waals surface area (Å²) in [4.78, 5) is 23.2. The van der Waals surface area contributed by atoms with Crippen LogP contribution < -0.4 is 5.32 Å². The van der Waals surface area contributed by atoms with E-state index in [1.165, 1.54) is 0 Å². The van der Waals surface area contributed by atoms with E-state index in [0.29, 0.717) is 5.02 Å². The minimum atomic E-state index is -1.14. The number of carbonyl (C=O) groups is 2. The molecule has 7 heteroatoms. The number of nitrogens with one attached hydrogen (secondary N) is 1. The zero-order chi connectivity index (χ0) is 17.5. The zero-order valence-electron chi connectivity index (χ0n) is 12.5. The number of ether oxygens (including phenoxy) is 1. The molecule has 2 aromatic carbocycles. The van der Waals surface area contributed by atoms with Gasteiger partial charge in [-0.1, -0.05) is 41.9 Å². The normalized spacial score (nSPS) is 11.6. The maximum absolute atomic E-state index is 11.8. The Morgan fingerprint density at radius 2 is 1.88 bits per heavy atom. The Labute approximate surface area is 158 Å². The van der Waals surface area contributed by atoms with Gasteiger partial charge in [-0.25, -0.2) is 9.59 Å². The number of halogens is 2. The third-order valence-electron chi connectivity index (χ3n) is 3.17. The molecule has 0 radical (unpaired) electrons. The molecule has 0 spiro atoms. The molecule has 126 valence electrons. The molecular weight excluding hydrogens is 445 g/mol. The largest absolute Gasteiger partial charge is 0.480 e. The molecule has 0 aliphatic rings. The average molecular weight is 460 g/mol. The van der Waals surface area contributed by atoms with Gasteiger partial charge in [-0.3, -0.25) is 0 Å². The van der Waals surface area contributed by atoms with Crippen molar-refractivity contribution in [1.82, 2.24) is 5.32 Å². The van der Waals surface area contributed by atoms with Crippen LogP contribution in [0.2, 0.25) is 5.02 Å². The first-order valence-corrected chi connectivity index (χ1v) is 8.54. The van der Waals surface area contributed by atoms with E-state index in [4.69, 9.17) is 16.3 Å². The van der Waals surface area contributed by atoms with Crippen LogP contribution in [0.1, 0.15) is 11.1 Å². The number of benzene rings is 2. The molecular formula is C17H15ClINO4. The number of carboxylic acids is 1. The van der Waals surface area contributed by atoms with Crippen LogP contribution in [0.25, 0.3) is 0 Å². The van der Waals surface area contributed by atoms with E-state index >= 15 is 0 Å². The number of carboxylic acid groups (broad SMARTS) is 1. The van der Waals surface area contributed by atoms with Crippen molar-refractivity contribution in [3.05, 3.63) is 68.3 Å². The van der Waals surface area contributed by atoms with Crippen molar-refractivity contribution in [2.24, 2.45) is 0 Å². The van der Waals surface area contributed by atoms with Crippen molar-refractivity contribution in [3.63, 3.8) is 0 Å². The molecule has 5 nitrogen and oxygen atoms in total. The van der Waals surface area contributed by atoms with Crippen LogP contribution in [-0.2, 0) is 22.6 Å². The molecule has 0 saturated heterocycles. The topological polar surface area (TPSA) is 75.6 Å². The predicted molar refractivity (Wildman–Crippen MR) is 99.1 cm³/mol.